The molecule has 0 saturated heterocycles. The van der Waals surface area contributed by atoms with Crippen molar-refractivity contribution in [3.05, 3.63) is 71.8 Å². The molecular weight excluding hydrogens is 302 g/mol. The van der Waals surface area contributed by atoms with Gasteiger partial charge in [0.05, 0.1) is 0 Å². The lowest BCUT2D eigenvalue weighted by atomic mass is 9.79. The van der Waals surface area contributed by atoms with Crippen LogP contribution in [0.2, 0.25) is 0 Å². The first-order valence-corrected chi connectivity index (χ1v) is 10.1. The molecule has 0 saturated carbocycles. The van der Waals surface area contributed by atoms with Crippen LogP contribution in [-0.2, 0) is 0 Å². The van der Waals surface area contributed by atoms with Crippen LogP contribution in [0.15, 0.2) is 60.7 Å². The highest BCUT2D eigenvalue weighted by Gasteiger charge is 2.26. The molecule has 0 atom stereocenters. The molecule has 0 aliphatic carbocycles. The van der Waals surface area contributed by atoms with Gasteiger partial charge in [0.2, 0.25) is 0 Å². The number of nitrogens with two attached hydrogens (primary N) is 1. The molecule has 0 aliphatic heterocycles. The predicted molar refractivity (Wildman–Crippen MR) is 110 cm³/mol. The van der Waals surface area contributed by atoms with Gasteiger partial charge in [-0.05, 0) is 36.8 Å². The Labute approximate surface area is 154 Å². The average Bonchev–Trinajstić information content (AvgIpc) is 2.67. The minimum Gasteiger partial charge on any atom is -0.325 e. The van der Waals surface area contributed by atoms with Gasteiger partial charge in [-0.2, -0.15) is 0 Å². The number of benzene rings is 2. The van der Waals surface area contributed by atoms with Crippen molar-refractivity contribution in [3.8, 4) is 0 Å². The van der Waals surface area contributed by atoms with Crippen molar-refractivity contribution in [2.75, 3.05) is 0 Å². The van der Waals surface area contributed by atoms with Gasteiger partial charge in [-0.3, -0.25) is 0 Å². The molecule has 2 aromatic rings. The van der Waals surface area contributed by atoms with Crippen LogP contribution >= 0.6 is 0 Å². The Morgan fingerprint density at radius 3 is 1.56 bits per heavy atom. The van der Waals surface area contributed by atoms with E-state index in [1.165, 1.54) is 36.8 Å². The molecule has 0 aliphatic rings. The van der Waals surface area contributed by atoms with Crippen LogP contribution in [0.3, 0.4) is 0 Å². The largest absolute Gasteiger partial charge is 0.325 e. The fourth-order valence-electron chi connectivity index (χ4n) is 3.76. The third kappa shape index (κ3) is 6.32. The van der Waals surface area contributed by atoms with Crippen molar-refractivity contribution in [3.63, 3.8) is 0 Å². The molecule has 1 heteroatoms. The van der Waals surface area contributed by atoms with E-state index < -0.39 is 0 Å². The Kier molecular flexibility index (Phi) is 8.21. The smallest absolute Gasteiger partial charge is 0.0154 e. The summed E-state index contributed by atoms with van der Waals surface area (Å²) in [4.78, 5) is 0. The summed E-state index contributed by atoms with van der Waals surface area (Å²) in [6, 6.07) is 21.8. The minimum absolute atomic E-state index is 0.00612. The van der Waals surface area contributed by atoms with Gasteiger partial charge in [0, 0.05) is 11.5 Å². The minimum atomic E-state index is -0.00612. The zero-order chi connectivity index (χ0) is 18.0. The van der Waals surface area contributed by atoms with Crippen LogP contribution in [0.1, 0.15) is 82.3 Å². The SMILES string of the molecule is CCCCC(N)(CCCC)CCC(c1ccccc1)c1ccccc1. The maximum atomic E-state index is 6.87. The third-order valence-electron chi connectivity index (χ3n) is 5.39. The van der Waals surface area contributed by atoms with E-state index in [1.807, 2.05) is 0 Å². The number of hydrogen-bond acceptors (Lipinski definition) is 1. The molecule has 2 rings (SSSR count). The summed E-state index contributed by atoms with van der Waals surface area (Å²) in [7, 11) is 0. The molecule has 1 nitrogen and oxygen atoms in total. The molecule has 0 aromatic heterocycles. The third-order valence-corrected chi connectivity index (χ3v) is 5.39. The summed E-state index contributed by atoms with van der Waals surface area (Å²) in [5.74, 6) is 0.438. The van der Waals surface area contributed by atoms with Gasteiger partial charge < -0.3 is 5.73 Å². The number of unbranched alkanes of at least 4 members (excludes halogenated alkanes) is 2. The van der Waals surface area contributed by atoms with Crippen LogP contribution in [0.25, 0.3) is 0 Å². The highest BCUT2D eigenvalue weighted by atomic mass is 14.7. The Balaban J connectivity index is 2.15. The molecule has 0 unspecified atom stereocenters. The number of rotatable bonds is 11. The first kappa shape index (κ1) is 19.7. The zero-order valence-electron chi connectivity index (χ0n) is 16.1. The van der Waals surface area contributed by atoms with E-state index in [1.54, 1.807) is 0 Å². The van der Waals surface area contributed by atoms with Crippen molar-refractivity contribution in [2.45, 2.75) is 76.7 Å². The van der Waals surface area contributed by atoms with Crippen LogP contribution in [-0.4, -0.2) is 5.54 Å². The molecule has 0 heterocycles. The Morgan fingerprint density at radius 2 is 1.16 bits per heavy atom. The second-order valence-corrected chi connectivity index (χ2v) is 7.48. The lowest BCUT2D eigenvalue weighted by Crippen LogP contribution is -2.40. The van der Waals surface area contributed by atoms with Crippen LogP contribution < -0.4 is 5.73 Å². The summed E-state index contributed by atoms with van der Waals surface area (Å²) in [5.41, 5.74) is 9.68. The van der Waals surface area contributed by atoms with Crippen molar-refractivity contribution >= 4 is 0 Å². The molecule has 25 heavy (non-hydrogen) atoms. The summed E-state index contributed by atoms with van der Waals surface area (Å²) in [6.07, 6.45) is 9.46. The average molecular weight is 338 g/mol. The second kappa shape index (κ2) is 10.4. The first-order valence-electron chi connectivity index (χ1n) is 10.1. The maximum Gasteiger partial charge on any atom is 0.0154 e. The molecule has 0 radical (unpaired) electrons. The topological polar surface area (TPSA) is 26.0 Å². The summed E-state index contributed by atoms with van der Waals surface area (Å²) < 4.78 is 0. The Bertz CT molecular complexity index is 528. The quantitative estimate of drug-likeness (QED) is 0.486. The van der Waals surface area contributed by atoms with Gasteiger partial charge in [0.15, 0.2) is 0 Å². The fourth-order valence-corrected chi connectivity index (χ4v) is 3.76. The van der Waals surface area contributed by atoms with E-state index in [9.17, 15) is 0 Å². The normalized spacial score (nSPS) is 11.8. The molecule has 2 aromatic carbocycles. The maximum absolute atomic E-state index is 6.87. The lowest BCUT2D eigenvalue weighted by Gasteiger charge is -2.32. The standard InChI is InChI=1S/C24H35N/c1-3-5-18-24(25,19-6-4-2)20-17-23(21-13-9-7-10-14-21)22-15-11-8-12-16-22/h7-16,23H,3-6,17-20,25H2,1-2H3. The molecule has 0 bridgehead atoms. The van der Waals surface area contributed by atoms with Crippen LogP contribution in [0.4, 0.5) is 0 Å². The van der Waals surface area contributed by atoms with E-state index in [-0.39, 0.29) is 5.54 Å². The summed E-state index contributed by atoms with van der Waals surface area (Å²) in [6.45, 7) is 4.52. The monoisotopic (exact) mass is 337 g/mol. The van der Waals surface area contributed by atoms with E-state index in [0.29, 0.717) is 5.92 Å². The van der Waals surface area contributed by atoms with Crippen molar-refractivity contribution in [2.24, 2.45) is 5.73 Å². The summed E-state index contributed by atoms with van der Waals surface area (Å²) in [5, 5.41) is 0. The van der Waals surface area contributed by atoms with Crippen molar-refractivity contribution in [1.29, 1.82) is 0 Å². The predicted octanol–water partition coefficient (Wildman–Crippen LogP) is 6.68. The Morgan fingerprint density at radius 1 is 0.720 bits per heavy atom. The molecule has 0 fully saturated rings. The Hall–Kier alpha value is -1.60. The van der Waals surface area contributed by atoms with Gasteiger partial charge in [0.1, 0.15) is 0 Å². The van der Waals surface area contributed by atoms with E-state index in [2.05, 4.69) is 74.5 Å². The fraction of sp³-hybridized carbons (Fsp3) is 0.500. The van der Waals surface area contributed by atoms with Gasteiger partial charge in [0.25, 0.3) is 0 Å². The first-order chi connectivity index (χ1) is 12.2. The molecule has 2 N–H and O–H groups in total. The highest BCUT2D eigenvalue weighted by Crippen LogP contribution is 2.33. The van der Waals surface area contributed by atoms with Gasteiger partial charge >= 0.3 is 0 Å². The van der Waals surface area contributed by atoms with E-state index >= 15 is 0 Å². The second-order valence-electron chi connectivity index (χ2n) is 7.48. The molecular formula is C24H35N. The van der Waals surface area contributed by atoms with E-state index in [4.69, 9.17) is 5.73 Å². The lowest BCUT2D eigenvalue weighted by molar-refractivity contribution is 0.309. The van der Waals surface area contributed by atoms with Gasteiger partial charge in [-0.1, -0.05) is 100 Å². The summed E-state index contributed by atoms with van der Waals surface area (Å²) >= 11 is 0. The van der Waals surface area contributed by atoms with E-state index in [0.717, 1.165) is 25.7 Å². The molecule has 0 amide bonds. The van der Waals surface area contributed by atoms with Crippen molar-refractivity contribution in [1.82, 2.24) is 0 Å². The van der Waals surface area contributed by atoms with Gasteiger partial charge in [-0.25, -0.2) is 0 Å². The van der Waals surface area contributed by atoms with Gasteiger partial charge in [-0.15, -0.1) is 0 Å². The number of hydrogen-bond donors (Lipinski definition) is 1. The van der Waals surface area contributed by atoms with Crippen LogP contribution in [0.5, 0.6) is 0 Å². The molecule has 0 spiro atoms. The zero-order valence-corrected chi connectivity index (χ0v) is 16.1. The molecule has 136 valence electrons. The highest BCUT2D eigenvalue weighted by molar-refractivity contribution is 5.32. The van der Waals surface area contributed by atoms with Crippen molar-refractivity contribution < 1.29 is 0 Å². The van der Waals surface area contributed by atoms with Crippen LogP contribution in [0, 0.1) is 0 Å².